The summed E-state index contributed by atoms with van der Waals surface area (Å²) in [6, 6.07) is 1.95. The molecule has 0 fully saturated rings. The Morgan fingerprint density at radius 1 is 1.33 bits per heavy atom. The molecular formula is C15H23Cl2N3O3S. The Hall–Kier alpha value is -1.12. The molecule has 1 amide bonds. The summed E-state index contributed by atoms with van der Waals surface area (Å²) in [7, 11) is 1.66. The van der Waals surface area contributed by atoms with Crippen molar-refractivity contribution in [2.45, 2.75) is 13.3 Å². The lowest BCUT2D eigenvalue weighted by molar-refractivity contribution is -0.120. The Morgan fingerprint density at radius 2 is 2.12 bits per heavy atom. The van der Waals surface area contributed by atoms with Crippen LogP contribution in [0.1, 0.15) is 11.5 Å². The molecule has 0 aliphatic carbocycles. The Balaban J connectivity index is 0.00000264. The number of thiophene rings is 1. The minimum Gasteiger partial charge on any atom is -0.441 e. The predicted octanol–water partition coefficient (Wildman–Crippen LogP) is 2.45. The lowest BCUT2D eigenvalue weighted by Gasteiger charge is -2.05. The highest BCUT2D eigenvalue weighted by Gasteiger charge is 2.14. The van der Waals surface area contributed by atoms with Crippen molar-refractivity contribution < 1.29 is 13.9 Å². The molecule has 0 aromatic carbocycles. The van der Waals surface area contributed by atoms with Gasteiger partial charge in [0.2, 0.25) is 11.8 Å². The van der Waals surface area contributed by atoms with Crippen molar-refractivity contribution in [2.24, 2.45) is 0 Å². The number of aromatic nitrogens is 1. The molecular weight excluding hydrogens is 373 g/mol. The number of carbonyl (C=O) groups is 1. The summed E-state index contributed by atoms with van der Waals surface area (Å²) in [4.78, 5) is 16.3. The number of oxazole rings is 1. The van der Waals surface area contributed by atoms with E-state index < -0.39 is 0 Å². The highest BCUT2D eigenvalue weighted by Crippen LogP contribution is 2.23. The number of halogens is 2. The number of carbonyl (C=O) groups excluding carboxylic acids is 1. The monoisotopic (exact) mass is 395 g/mol. The van der Waals surface area contributed by atoms with Crippen molar-refractivity contribution in [3.63, 3.8) is 0 Å². The topological polar surface area (TPSA) is 76.4 Å². The van der Waals surface area contributed by atoms with Crippen molar-refractivity contribution in [3.05, 3.63) is 28.3 Å². The van der Waals surface area contributed by atoms with Gasteiger partial charge in [-0.2, -0.15) is 11.3 Å². The number of ether oxygens (including phenoxy) is 1. The van der Waals surface area contributed by atoms with Crippen LogP contribution >= 0.6 is 36.2 Å². The zero-order valence-corrected chi connectivity index (χ0v) is 16.1. The molecule has 0 atom stereocenters. The molecule has 2 aromatic rings. The van der Waals surface area contributed by atoms with E-state index in [-0.39, 0.29) is 37.1 Å². The number of aryl methyl sites for hydroxylation is 1. The Morgan fingerprint density at radius 3 is 2.79 bits per heavy atom. The van der Waals surface area contributed by atoms with E-state index in [1.54, 1.807) is 18.4 Å². The summed E-state index contributed by atoms with van der Waals surface area (Å²) in [6.07, 6.45) is 0.234. The molecule has 0 radical (unpaired) electrons. The quantitative estimate of drug-likeness (QED) is 0.637. The molecule has 136 valence electrons. The van der Waals surface area contributed by atoms with E-state index >= 15 is 0 Å². The summed E-state index contributed by atoms with van der Waals surface area (Å²) in [6.45, 7) is 4.57. The third-order valence-electron chi connectivity index (χ3n) is 3.10. The van der Waals surface area contributed by atoms with Gasteiger partial charge in [-0.15, -0.1) is 24.8 Å². The lowest BCUT2D eigenvalue weighted by atomic mass is 10.2. The summed E-state index contributed by atoms with van der Waals surface area (Å²) in [5, 5.41) is 9.97. The molecule has 0 aliphatic rings. The number of hydrogen-bond acceptors (Lipinski definition) is 6. The van der Waals surface area contributed by atoms with Crippen molar-refractivity contribution >= 4 is 42.1 Å². The maximum Gasteiger partial charge on any atom is 0.227 e. The summed E-state index contributed by atoms with van der Waals surface area (Å²) >= 11 is 1.59. The summed E-state index contributed by atoms with van der Waals surface area (Å²) < 4.78 is 10.5. The highest BCUT2D eigenvalue weighted by atomic mass is 35.5. The first-order chi connectivity index (χ1) is 10.7. The molecule has 0 bridgehead atoms. The first-order valence-electron chi connectivity index (χ1n) is 7.16. The van der Waals surface area contributed by atoms with Gasteiger partial charge >= 0.3 is 0 Å². The molecule has 2 rings (SSSR count). The van der Waals surface area contributed by atoms with Crippen molar-refractivity contribution in [1.29, 1.82) is 0 Å². The first-order valence-corrected chi connectivity index (χ1v) is 8.10. The molecule has 0 spiro atoms. The van der Waals surface area contributed by atoms with E-state index in [1.165, 1.54) is 0 Å². The fourth-order valence-corrected chi connectivity index (χ4v) is 2.54. The van der Waals surface area contributed by atoms with Crippen molar-refractivity contribution in [1.82, 2.24) is 15.6 Å². The van der Waals surface area contributed by atoms with E-state index in [2.05, 4.69) is 15.6 Å². The molecule has 0 aliphatic heterocycles. The van der Waals surface area contributed by atoms with E-state index in [0.29, 0.717) is 37.0 Å². The van der Waals surface area contributed by atoms with E-state index in [1.807, 2.05) is 23.8 Å². The van der Waals surface area contributed by atoms with Crippen molar-refractivity contribution in [2.75, 3.05) is 33.4 Å². The predicted molar refractivity (Wildman–Crippen MR) is 101 cm³/mol. The lowest BCUT2D eigenvalue weighted by Crippen LogP contribution is -2.34. The van der Waals surface area contributed by atoms with Crippen molar-refractivity contribution in [3.8, 4) is 11.5 Å². The zero-order valence-electron chi connectivity index (χ0n) is 13.7. The summed E-state index contributed by atoms with van der Waals surface area (Å²) in [5.74, 6) is 1.21. The van der Waals surface area contributed by atoms with Crippen LogP contribution in [0.15, 0.2) is 21.2 Å². The van der Waals surface area contributed by atoms with Gasteiger partial charge in [0.05, 0.1) is 18.7 Å². The second-order valence-electron chi connectivity index (χ2n) is 4.80. The number of nitrogens with one attached hydrogen (secondary N) is 2. The number of hydrogen-bond donors (Lipinski definition) is 2. The van der Waals surface area contributed by atoms with Gasteiger partial charge in [-0.1, -0.05) is 0 Å². The van der Waals surface area contributed by atoms with Crippen LogP contribution in [0.4, 0.5) is 0 Å². The average Bonchev–Trinajstić information content (AvgIpc) is 3.13. The smallest absolute Gasteiger partial charge is 0.227 e. The first kappa shape index (κ1) is 22.9. The van der Waals surface area contributed by atoms with Crippen LogP contribution < -0.4 is 10.6 Å². The van der Waals surface area contributed by atoms with E-state index in [4.69, 9.17) is 9.15 Å². The molecule has 0 unspecified atom stereocenters. The molecule has 2 N–H and O–H groups in total. The van der Waals surface area contributed by atoms with Crippen LogP contribution in [-0.4, -0.2) is 44.2 Å². The number of amides is 1. The van der Waals surface area contributed by atoms with Crippen LogP contribution in [-0.2, 0) is 16.0 Å². The molecule has 9 heteroatoms. The molecule has 6 nitrogen and oxygen atoms in total. The largest absolute Gasteiger partial charge is 0.441 e. The average molecular weight is 396 g/mol. The van der Waals surface area contributed by atoms with Gasteiger partial charge in [-0.25, -0.2) is 4.98 Å². The maximum absolute atomic E-state index is 11.9. The molecule has 24 heavy (non-hydrogen) atoms. The molecule has 0 saturated carbocycles. The minimum atomic E-state index is -0.0539. The van der Waals surface area contributed by atoms with Crippen LogP contribution in [0, 0.1) is 6.92 Å². The van der Waals surface area contributed by atoms with Crippen LogP contribution in [0.25, 0.3) is 11.5 Å². The molecule has 2 heterocycles. The van der Waals surface area contributed by atoms with Gasteiger partial charge in [0, 0.05) is 37.7 Å². The number of methoxy groups -OCH3 is 1. The Labute approximate surface area is 158 Å². The van der Waals surface area contributed by atoms with Gasteiger partial charge in [0.1, 0.15) is 5.76 Å². The zero-order chi connectivity index (χ0) is 15.8. The van der Waals surface area contributed by atoms with Gasteiger partial charge < -0.3 is 19.8 Å². The van der Waals surface area contributed by atoms with E-state index in [0.717, 1.165) is 12.1 Å². The normalized spacial score (nSPS) is 9.92. The second-order valence-corrected chi connectivity index (χ2v) is 5.58. The third-order valence-corrected chi connectivity index (χ3v) is 3.78. The standard InChI is InChI=1S/C15H21N3O3S.2ClH/c1-11-13(18-15(21-11)12-3-8-22-10-12)9-14(19)17-5-4-16-6-7-20-2;;/h3,8,10,16H,4-7,9H2,1-2H3,(H,17,19);2*1H. The Kier molecular flexibility index (Phi) is 11.7. The van der Waals surface area contributed by atoms with Gasteiger partial charge in [-0.3, -0.25) is 4.79 Å². The SMILES string of the molecule is COCCNCCNC(=O)Cc1nc(-c2ccsc2)oc1C.Cl.Cl. The van der Waals surface area contributed by atoms with Gasteiger partial charge in [0.15, 0.2) is 0 Å². The van der Waals surface area contributed by atoms with Gasteiger partial charge in [0.25, 0.3) is 0 Å². The minimum absolute atomic E-state index is 0. The second kappa shape index (κ2) is 12.3. The number of rotatable bonds is 9. The van der Waals surface area contributed by atoms with Crippen LogP contribution in [0.3, 0.4) is 0 Å². The fourth-order valence-electron chi connectivity index (χ4n) is 1.91. The molecule has 2 aromatic heterocycles. The summed E-state index contributed by atoms with van der Waals surface area (Å²) in [5.41, 5.74) is 1.63. The van der Waals surface area contributed by atoms with Crippen LogP contribution in [0.2, 0.25) is 0 Å². The van der Waals surface area contributed by atoms with E-state index in [9.17, 15) is 4.79 Å². The maximum atomic E-state index is 11.9. The molecule has 0 saturated heterocycles. The number of nitrogens with zero attached hydrogens (tertiary/aromatic N) is 1. The van der Waals surface area contributed by atoms with Crippen LogP contribution in [0.5, 0.6) is 0 Å². The fraction of sp³-hybridized carbons (Fsp3) is 0.467. The van der Waals surface area contributed by atoms with Gasteiger partial charge in [-0.05, 0) is 18.4 Å². The Bertz CT molecular complexity index is 591. The third kappa shape index (κ3) is 7.19. The highest BCUT2D eigenvalue weighted by molar-refractivity contribution is 7.08.